The van der Waals surface area contributed by atoms with E-state index in [1.165, 1.54) is 16.7 Å². The lowest BCUT2D eigenvalue weighted by atomic mass is 10.1. The fourth-order valence-electron chi connectivity index (χ4n) is 2.69. The maximum atomic E-state index is 12.5. The van der Waals surface area contributed by atoms with E-state index >= 15 is 0 Å². The highest BCUT2D eigenvalue weighted by molar-refractivity contribution is 8.26. The Morgan fingerprint density at radius 2 is 1.61 bits per heavy atom. The molecule has 1 amide bonds. The van der Waals surface area contributed by atoms with Crippen LogP contribution in [0.4, 0.5) is 0 Å². The van der Waals surface area contributed by atoms with Gasteiger partial charge in [0.05, 0.1) is 4.91 Å². The van der Waals surface area contributed by atoms with Crippen LogP contribution in [0.3, 0.4) is 0 Å². The molecule has 2 aromatic carbocycles. The lowest BCUT2D eigenvalue weighted by Crippen LogP contribution is -2.29. The van der Waals surface area contributed by atoms with Crippen LogP contribution in [-0.2, 0) is 9.59 Å². The Labute approximate surface area is 173 Å². The van der Waals surface area contributed by atoms with E-state index in [1.54, 1.807) is 0 Å². The van der Waals surface area contributed by atoms with Crippen molar-refractivity contribution < 1.29 is 14.7 Å². The summed E-state index contributed by atoms with van der Waals surface area (Å²) in [5.74, 6) is -1.03. The zero-order chi connectivity index (χ0) is 19.9. The van der Waals surface area contributed by atoms with Gasteiger partial charge in [0.25, 0.3) is 5.91 Å². The van der Waals surface area contributed by atoms with Gasteiger partial charge >= 0.3 is 5.97 Å². The Morgan fingerprint density at radius 1 is 1.00 bits per heavy atom. The van der Waals surface area contributed by atoms with Crippen molar-refractivity contribution in [3.05, 3.63) is 76.2 Å². The van der Waals surface area contributed by atoms with E-state index in [0.29, 0.717) is 22.2 Å². The fourth-order valence-corrected chi connectivity index (χ4v) is 4.00. The lowest BCUT2D eigenvalue weighted by molar-refractivity contribution is -0.137. The number of carboxylic acid groups (broad SMARTS) is 1. The van der Waals surface area contributed by atoms with Gasteiger partial charge in [-0.2, -0.15) is 0 Å². The molecular weight excluding hydrogens is 390 g/mol. The number of amides is 1. The predicted molar refractivity (Wildman–Crippen MR) is 119 cm³/mol. The van der Waals surface area contributed by atoms with E-state index in [4.69, 9.17) is 17.3 Å². The summed E-state index contributed by atoms with van der Waals surface area (Å²) in [5.41, 5.74) is 3.13. The normalized spacial score (nSPS) is 15.7. The number of thioether (sulfide) groups is 1. The minimum Gasteiger partial charge on any atom is -0.481 e. The highest BCUT2D eigenvalue weighted by Gasteiger charge is 2.31. The summed E-state index contributed by atoms with van der Waals surface area (Å²) < 4.78 is 0.476. The van der Waals surface area contributed by atoms with Gasteiger partial charge in [0.1, 0.15) is 4.32 Å². The van der Waals surface area contributed by atoms with Gasteiger partial charge in [0.2, 0.25) is 0 Å². The van der Waals surface area contributed by atoms with Crippen molar-refractivity contribution in [2.24, 2.45) is 0 Å². The standard InChI is InChI=1S/C22H19NO3S2/c24-20(25)7-4-14-23-21(26)19(28-22(23)27)15-18-12-10-17(11-13-18)9-8-16-5-2-1-3-6-16/h1-3,5-6,8-13,15H,4,7,14H2,(H,24,25)/b9-8+,19-15-. The number of thiocarbonyl (C=S) groups is 1. The average Bonchev–Trinajstić information content (AvgIpc) is 2.95. The molecule has 1 N–H and O–H groups in total. The van der Waals surface area contributed by atoms with Crippen molar-refractivity contribution in [1.82, 2.24) is 4.90 Å². The van der Waals surface area contributed by atoms with E-state index in [0.717, 1.165) is 16.7 Å². The number of carbonyl (C=O) groups is 2. The van der Waals surface area contributed by atoms with Crippen molar-refractivity contribution in [3.63, 3.8) is 0 Å². The van der Waals surface area contributed by atoms with Gasteiger partial charge in [0, 0.05) is 13.0 Å². The van der Waals surface area contributed by atoms with Gasteiger partial charge in [0.15, 0.2) is 0 Å². The number of carbonyl (C=O) groups excluding carboxylic acids is 1. The topological polar surface area (TPSA) is 57.6 Å². The molecule has 2 aromatic rings. The molecule has 0 bridgehead atoms. The summed E-state index contributed by atoms with van der Waals surface area (Å²) in [7, 11) is 0. The van der Waals surface area contributed by atoms with E-state index in [-0.39, 0.29) is 12.3 Å². The largest absolute Gasteiger partial charge is 0.481 e. The molecule has 0 aliphatic carbocycles. The Morgan fingerprint density at radius 3 is 2.25 bits per heavy atom. The zero-order valence-corrected chi connectivity index (χ0v) is 16.7. The molecule has 1 fully saturated rings. The Hall–Kier alpha value is -2.70. The van der Waals surface area contributed by atoms with Crippen LogP contribution in [0, 0.1) is 0 Å². The Balaban J connectivity index is 1.65. The van der Waals surface area contributed by atoms with Crippen molar-refractivity contribution in [3.8, 4) is 0 Å². The highest BCUT2D eigenvalue weighted by Crippen LogP contribution is 2.32. The zero-order valence-electron chi connectivity index (χ0n) is 15.1. The fraction of sp³-hybridized carbons (Fsp3) is 0.136. The Kier molecular flexibility index (Phi) is 6.79. The number of carboxylic acids is 1. The molecule has 0 saturated carbocycles. The van der Waals surface area contributed by atoms with E-state index in [9.17, 15) is 9.59 Å². The summed E-state index contributed by atoms with van der Waals surface area (Å²) in [6.45, 7) is 0.331. The lowest BCUT2D eigenvalue weighted by Gasteiger charge is -2.13. The number of benzene rings is 2. The average molecular weight is 410 g/mol. The minimum atomic E-state index is -0.873. The molecule has 1 aliphatic heterocycles. The predicted octanol–water partition coefficient (Wildman–Crippen LogP) is 4.92. The van der Waals surface area contributed by atoms with Crippen LogP contribution in [0.25, 0.3) is 18.2 Å². The number of nitrogens with zero attached hydrogens (tertiary/aromatic N) is 1. The van der Waals surface area contributed by atoms with E-state index in [2.05, 4.69) is 6.08 Å². The molecule has 1 heterocycles. The molecule has 6 heteroatoms. The number of rotatable bonds is 7. The third-order valence-corrected chi connectivity index (χ3v) is 5.53. The quantitative estimate of drug-likeness (QED) is 0.399. The molecule has 28 heavy (non-hydrogen) atoms. The van der Waals surface area contributed by atoms with Crippen LogP contribution in [0.2, 0.25) is 0 Å². The van der Waals surface area contributed by atoms with Crippen LogP contribution in [0.15, 0.2) is 59.5 Å². The molecule has 3 rings (SSSR count). The monoisotopic (exact) mass is 409 g/mol. The summed E-state index contributed by atoms with van der Waals surface area (Å²) in [4.78, 5) is 25.2. The second kappa shape index (κ2) is 9.48. The summed E-state index contributed by atoms with van der Waals surface area (Å²) in [6.07, 6.45) is 6.32. The first-order chi connectivity index (χ1) is 13.5. The molecule has 0 atom stereocenters. The second-order valence-corrected chi connectivity index (χ2v) is 7.92. The van der Waals surface area contributed by atoms with E-state index < -0.39 is 5.97 Å². The first-order valence-electron chi connectivity index (χ1n) is 8.83. The maximum absolute atomic E-state index is 12.5. The molecule has 1 saturated heterocycles. The first kappa shape index (κ1) is 20.0. The number of hydrogen-bond donors (Lipinski definition) is 1. The minimum absolute atomic E-state index is 0.0219. The smallest absolute Gasteiger partial charge is 0.303 e. The van der Waals surface area contributed by atoms with Gasteiger partial charge in [-0.3, -0.25) is 14.5 Å². The maximum Gasteiger partial charge on any atom is 0.303 e. The summed E-state index contributed by atoms with van der Waals surface area (Å²) >= 11 is 6.52. The Bertz CT molecular complexity index is 934. The van der Waals surface area contributed by atoms with Crippen molar-refractivity contribution in [1.29, 1.82) is 0 Å². The van der Waals surface area contributed by atoms with Crippen LogP contribution < -0.4 is 0 Å². The van der Waals surface area contributed by atoms with Gasteiger partial charge in [-0.1, -0.05) is 90.7 Å². The number of aliphatic carboxylic acids is 1. The highest BCUT2D eigenvalue weighted by atomic mass is 32.2. The molecule has 0 unspecified atom stereocenters. The van der Waals surface area contributed by atoms with Crippen molar-refractivity contribution in [2.45, 2.75) is 12.8 Å². The molecule has 0 radical (unpaired) electrons. The third kappa shape index (κ3) is 5.41. The SMILES string of the molecule is O=C(O)CCCN1C(=O)/C(=C/c2ccc(/C=C/c3ccccc3)cc2)SC1=S. The van der Waals surface area contributed by atoms with Crippen LogP contribution in [0.1, 0.15) is 29.5 Å². The second-order valence-electron chi connectivity index (χ2n) is 6.24. The van der Waals surface area contributed by atoms with Crippen LogP contribution in [-0.4, -0.2) is 32.7 Å². The molecular formula is C22H19NO3S2. The van der Waals surface area contributed by atoms with Crippen molar-refractivity contribution in [2.75, 3.05) is 6.54 Å². The van der Waals surface area contributed by atoms with Crippen LogP contribution in [0.5, 0.6) is 0 Å². The summed E-state index contributed by atoms with van der Waals surface area (Å²) in [6, 6.07) is 18.0. The molecule has 0 spiro atoms. The summed E-state index contributed by atoms with van der Waals surface area (Å²) in [5, 5.41) is 8.73. The van der Waals surface area contributed by atoms with E-state index in [1.807, 2.05) is 66.7 Å². The first-order valence-corrected chi connectivity index (χ1v) is 10.1. The molecule has 4 nitrogen and oxygen atoms in total. The van der Waals surface area contributed by atoms with Gasteiger partial charge < -0.3 is 5.11 Å². The van der Waals surface area contributed by atoms with Crippen molar-refractivity contribution >= 4 is 58.4 Å². The third-order valence-electron chi connectivity index (χ3n) is 4.15. The van der Waals surface area contributed by atoms with Gasteiger partial charge in [-0.05, 0) is 29.2 Å². The molecule has 1 aliphatic rings. The van der Waals surface area contributed by atoms with Gasteiger partial charge in [-0.25, -0.2) is 0 Å². The molecule has 0 aromatic heterocycles. The van der Waals surface area contributed by atoms with Gasteiger partial charge in [-0.15, -0.1) is 0 Å². The molecule has 142 valence electrons. The number of hydrogen-bond acceptors (Lipinski definition) is 4. The van der Waals surface area contributed by atoms with Crippen LogP contribution >= 0.6 is 24.0 Å².